The second-order valence-electron chi connectivity index (χ2n) is 4.74. The zero-order valence-electron chi connectivity index (χ0n) is 12.2. The number of anilines is 1. The quantitative estimate of drug-likeness (QED) is 0.708. The predicted octanol–water partition coefficient (Wildman–Crippen LogP) is 4.39. The van der Waals surface area contributed by atoms with Gasteiger partial charge < -0.3 is 10.1 Å². The average molecular weight is 399 g/mol. The van der Waals surface area contributed by atoms with E-state index < -0.39 is 6.36 Å². The lowest BCUT2D eigenvalue weighted by molar-refractivity contribution is -0.274. The first kappa shape index (κ1) is 16.4. The Balaban J connectivity index is 2.20. The molecule has 0 unspecified atom stereocenters. The van der Waals surface area contributed by atoms with Crippen LogP contribution in [0.15, 0.2) is 41.1 Å². The monoisotopic (exact) mass is 398 g/mol. The van der Waals surface area contributed by atoms with Crippen molar-refractivity contribution in [1.82, 2.24) is 15.0 Å². The molecule has 0 fully saturated rings. The Labute approximate surface area is 143 Å². The maximum atomic E-state index is 12.5. The number of fused-ring (bicyclic) bond motifs is 1. The van der Waals surface area contributed by atoms with Gasteiger partial charge in [-0.25, -0.2) is 9.97 Å². The highest BCUT2D eigenvalue weighted by molar-refractivity contribution is 9.10. The molecule has 0 aliphatic rings. The van der Waals surface area contributed by atoms with E-state index in [0.717, 1.165) is 0 Å². The molecular formula is C15H10BrF3N4O. The van der Waals surface area contributed by atoms with Crippen molar-refractivity contribution in [1.29, 1.82) is 0 Å². The highest BCUT2D eigenvalue weighted by Gasteiger charge is 2.32. The van der Waals surface area contributed by atoms with Crippen LogP contribution in [0.4, 0.5) is 19.0 Å². The van der Waals surface area contributed by atoms with E-state index in [4.69, 9.17) is 0 Å². The van der Waals surface area contributed by atoms with Gasteiger partial charge >= 0.3 is 6.36 Å². The fraction of sp³-hybridized carbons (Fsp3) is 0.133. The molecule has 2 aromatic heterocycles. The minimum atomic E-state index is -4.79. The fourth-order valence-electron chi connectivity index (χ4n) is 2.15. The van der Waals surface area contributed by atoms with Crippen LogP contribution in [0.5, 0.6) is 5.75 Å². The minimum absolute atomic E-state index is 0.154. The molecule has 0 aliphatic heterocycles. The largest absolute Gasteiger partial charge is 0.573 e. The topological polar surface area (TPSA) is 59.9 Å². The summed E-state index contributed by atoms with van der Waals surface area (Å²) in [5, 5.41) is 3.48. The summed E-state index contributed by atoms with van der Waals surface area (Å²) in [4.78, 5) is 12.7. The molecule has 0 spiro atoms. The third-order valence-electron chi connectivity index (χ3n) is 3.13. The first-order valence-corrected chi connectivity index (χ1v) is 7.52. The number of alkyl halides is 3. The van der Waals surface area contributed by atoms with Crippen LogP contribution in [-0.4, -0.2) is 28.4 Å². The number of hydrogen-bond donors (Lipinski definition) is 1. The molecule has 0 amide bonds. The van der Waals surface area contributed by atoms with E-state index in [1.54, 1.807) is 31.6 Å². The van der Waals surface area contributed by atoms with Crippen molar-refractivity contribution in [3.05, 3.63) is 41.1 Å². The maximum Gasteiger partial charge on any atom is 0.573 e. The number of hydrogen-bond acceptors (Lipinski definition) is 5. The summed E-state index contributed by atoms with van der Waals surface area (Å²) in [5.41, 5.74) is 0.966. The van der Waals surface area contributed by atoms with Crippen molar-refractivity contribution >= 4 is 32.7 Å². The zero-order chi connectivity index (χ0) is 17.3. The molecule has 0 bridgehead atoms. The Morgan fingerprint density at radius 1 is 1.21 bits per heavy atom. The van der Waals surface area contributed by atoms with E-state index in [9.17, 15) is 13.2 Å². The Morgan fingerprint density at radius 3 is 2.62 bits per heavy atom. The molecule has 0 saturated heterocycles. The van der Waals surface area contributed by atoms with E-state index >= 15 is 0 Å². The Hall–Kier alpha value is -2.42. The SMILES string of the molecule is CNc1nc(-c2cccnc2)nc2cc(OC(F)(F)F)c(Br)cc12. The summed E-state index contributed by atoms with van der Waals surface area (Å²) in [6.45, 7) is 0. The van der Waals surface area contributed by atoms with Gasteiger partial charge in [-0.05, 0) is 34.1 Å². The summed E-state index contributed by atoms with van der Waals surface area (Å²) >= 11 is 3.08. The van der Waals surface area contributed by atoms with Gasteiger partial charge in [0.1, 0.15) is 11.6 Å². The summed E-state index contributed by atoms with van der Waals surface area (Å²) < 4.78 is 41.7. The van der Waals surface area contributed by atoms with Gasteiger partial charge in [-0.1, -0.05) is 0 Å². The lowest BCUT2D eigenvalue weighted by atomic mass is 10.2. The Morgan fingerprint density at radius 2 is 2.00 bits per heavy atom. The number of rotatable bonds is 3. The summed E-state index contributed by atoms with van der Waals surface area (Å²) in [6.07, 6.45) is -1.61. The highest BCUT2D eigenvalue weighted by atomic mass is 79.9. The number of nitrogens with zero attached hydrogens (tertiary/aromatic N) is 3. The van der Waals surface area contributed by atoms with E-state index in [-0.39, 0.29) is 10.2 Å². The summed E-state index contributed by atoms with van der Waals surface area (Å²) in [6, 6.07) is 6.19. The molecule has 0 atom stereocenters. The number of benzene rings is 1. The van der Waals surface area contributed by atoms with Gasteiger partial charge in [0.25, 0.3) is 0 Å². The van der Waals surface area contributed by atoms with Gasteiger partial charge in [0, 0.05) is 36.5 Å². The van der Waals surface area contributed by atoms with Crippen LogP contribution in [0, 0.1) is 0 Å². The van der Waals surface area contributed by atoms with Gasteiger partial charge in [-0.15, -0.1) is 13.2 Å². The molecule has 9 heteroatoms. The fourth-order valence-corrected chi connectivity index (χ4v) is 2.57. The smallest absolute Gasteiger partial charge is 0.405 e. The lowest BCUT2D eigenvalue weighted by Gasteiger charge is -2.13. The van der Waals surface area contributed by atoms with Gasteiger partial charge in [-0.3, -0.25) is 4.98 Å². The zero-order valence-corrected chi connectivity index (χ0v) is 13.8. The van der Waals surface area contributed by atoms with Gasteiger partial charge in [0.05, 0.1) is 9.99 Å². The van der Waals surface area contributed by atoms with E-state index in [0.29, 0.717) is 28.1 Å². The van der Waals surface area contributed by atoms with E-state index in [1.807, 2.05) is 0 Å². The maximum absolute atomic E-state index is 12.5. The van der Waals surface area contributed by atoms with Gasteiger partial charge in [0.15, 0.2) is 5.82 Å². The molecule has 0 saturated carbocycles. The summed E-state index contributed by atoms with van der Waals surface area (Å²) in [5.74, 6) is 0.464. The molecule has 0 radical (unpaired) electrons. The third kappa shape index (κ3) is 3.40. The Kier molecular flexibility index (Phi) is 4.27. The van der Waals surface area contributed by atoms with Crippen molar-refractivity contribution in [2.45, 2.75) is 6.36 Å². The van der Waals surface area contributed by atoms with Crippen LogP contribution in [0.2, 0.25) is 0 Å². The Bertz CT molecular complexity index is 887. The molecular weight excluding hydrogens is 389 g/mol. The van der Waals surface area contributed by atoms with Crippen molar-refractivity contribution in [3.63, 3.8) is 0 Å². The van der Waals surface area contributed by atoms with Gasteiger partial charge in [-0.2, -0.15) is 0 Å². The molecule has 1 aromatic carbocycles. The number of halogens is 4. The summed E-state index contributed by atoms with van der Waals surface area (Å²) in [7, 11) is 1.67. The van der Waals surface area contributed by atoms with Crippen LogP contribution in [0.3, 0.4) is 0 Å². The molecule has 0 aliphatic carbocycles. The van der Waals surface area contributed by atoms with Crippen LogP contribution in [0.25, 0.3) is 22.3 Å². The van der Waals surface area contributed by atoms with Crippen LogP contribution < -0.4 is 10.1 Å². The standard InChI is InChI=1S/C15H10BrF3N4O/c1-20-14-9-5-10(16)12(24-15(17,18)19)6-11(9)22-13(23-14)8-3-2-4-21-7-8/h2-7H,1H3,(H,20,22,23). The number of aromatic nitrogens is 3. The third-order valence-corrected chi connectivity index (χ3v) is 3.75. The molecule has 5 nitrogen and oxygen atoms in total. The number of ether oxygens (including phenoxy) is 1. The molecule has 2 heterocycles. The molecule has 3 aromatic rings. The molecule has 1 N–H and O–H groups in total. The molecule has 24 heavy (non-hydrogen) atoms. The van der Waals surface area contributed by atoms with Crippen LogP contribution in [-0.2, 0) is 0 Å². The van der Waals surface area contributed by atoms with E-state index in [2.05, 4.69) is 40.9 Å². The van der Waals surface area contributed by atoms with Crippen molar-refractivity contribution < 1.29 is 17.9 Å². The lowest BCUT2D eigenvalue weighted by Crippen LogP contribution is -2.17. The van der Waals surface area contributed by atoms with Crippen molar-refractivity contribution in [3.8, 4) is 17.1 Å². The minimum Gasteiger partial charge on any atom is -0.405 e. The number of pyridine rings is 1. The van der Waals surface area contributed by atoms with Gasteiger partial charge in [0.2, 0.25) is 0 Å². The molecule has 3 rings (SSSR count). The highest BCUT2D eigenvalue weighted by Crippen LogP contribution is 2.36. The normalized spacial score (nSPS) is 11.5. The predicted molar refractivity (Wildman–Crippen MR) is 86.7 cm³/mol. The first-order chi connectivity index (χ1) is 11.4. The second-order valence-corrected chi connectivity index (χ2v) is 5.59. The average Bonchev–Trinajstić information content (AvgIpc) is 2.54. The molecule has 124 valence electrons. The van der Waals surface area contributed by atoms with Crippen molar-refractivity contribution in [2.75, 3.05) is 12.4 Å². The van der Waals surface area contributed by atoms with Crippen LogP contribution in [0.1, 0.15) is 0 Å². The van der Waals surface area contributed by atoms with Crippen LogP contribution >= 0.6 is 15.9 Å². The van der Waals surface area contributed by atoms with E-state index in [1.165, 1.54) is 12.1 Å². The number of nitrogens with one attached hydrogen (secondary N) is 1. The van der Waals surface area contributed by atoms with Crippen molar-refractivity contribution in [2.24, 2.45) is 0 Å². The second kappa shape index (κ2) is 6.23. The first-order valence-electron chi connectivity index (χ1n) is 6.72.